The van der Waals surface area contributed by atoms with Crippen LogP contribution in [0.5, 0.6) is 0 Å². The molecular weight excluding hydrogens is 488 g/mol. The quantitative estimate of drug-likeness (QED) is 0.168. The molecule has 0 N–H and O–H groups in total. The van der Waals surface area contributed by atoms with Crippen LogP contribution in [0.1, 0.15) is 39.5 Å². The van der Waals surface area contributed by atoms with Crippen molar-refractivity contribution in [2.24, 2.45) is 0 Å². The fourth-order valence-corrected chi connectivity index (χ4v) is 6.32. The Balaban J connectivity index is 2.26. The molecular formula is C22H24Br2S2. The highest BCUT2D eigenvalue weighted by Gasteiger charge is 2.16. The molecule has 26 heavy (non-hydrogen) atoms. The standard InChI is InChI=1S/C22H24Br2S2/c1-3-5-11-25-21-15-9-7-8-10-16(15)22(26-12-6-4-2)18-14-20(24)19(23)13-17(18)21/h7-10,13-14H,3-6,11-12H2,1-2H3. The van der Waals surface area contributed by atoms with Gasteiger partial charge in [-0.2, -0.15) is 0 Å². The molecule has 0 aliphatic carbocycles. The third-order valence-electron chi connectivity index (χ3n) is 4.45. The molecule has 0 nitrogen and oxygen atoms in total. The monoisotopic (exact) mass is 510 g/mol. The molecule has 0 atom stereocenters. The van der Waals surface area contributed by atoms with Gasteiger partial charge in [0.2, 0.25) is 0 Å². The summed E-state index contributed by atoms with van der Waals surface area (Å²) >= 11 is 11.5. The van der Waals surface area contributed by atoms with Gasteiger partial charge in [-0.1, -0.05) is 51.0 Å². The summed E-state index contributed by atoms with van der Waals surface area (Å²) in [6.45, 7) is 4.52. The Morgan fingerprint density at radius 2 is 1.12 bits per heavy atom. The van der Waals surface area contributed by atoms with Crippen molar-refractivity contribution in [1.29, 1.82) is 0 Å². The third-order valence-corrected chi connectivity index (χ3v) is 8.74. The summed E-state index contributed by atoms with van der Waals surface area (Å²) in [4.78, 5) is 2.86. The number of unbranched alkanes of at least 4 members (excludes halogenated alkanes) is 2. The van der Waals surface area contributed by atoms with Gasteiger partial charge in [-0.05, 0) is 89.9 Å². The topological polar surface area (TPSA) is 0 Å². The van der Waals surface area contributed by atoms with Gasteiger partial charge in [0.05, 0.1) is 0 Å². The largest absolute Gasteiger partial charge is 0.125 e. The number of hydrogen-bond acceptors (Lipinski definition) is 2. The van der Waals surface area contributed by atoms with Crippen molar-refractivity contribution in [3.8, 4) is 0 Å². The Bertz CT molecular complexity index is 832. The van der Waals surface area contributed by atoms with E-state index in [9.17, 15) is 0 Å². The van der Waals surface area contributed by atoms with E-state index in [1.165, 1.54) is 68.5 Å². The first-order valence-corrected chi connectivity index (χ1v) is 12.8. The Morgan fingerprint density at radius 3 is 1.50 bits per heavy atom. The van der Waals surface area contributed by atoms with E-state index in [2.05, 4.69) is 82.1 Å². The molecule has 0 aliphatic rings. The van der Waals surface area contributed by atoms with Crippen LogP contribution in [-0.2, 0) is 0 Å². The minimum absolute atomic E-state index is 1.13. The SMILES string of the molecule is CCCCSc1c2ccccc2c(SCCCC)c2cc(Br)c(Br)cc12. The molecule has 0 radical (unpaired) electrons. The van der Waals surface area contributed by atoms with Gasteiger partial charge >= 0.3 is 0 Å². The second-order valence-corrected chi connectivity index (χ2v) is 10.3. The zero-order chi connectivity index (χ0) is 18.5. The summed E-state index contributed by atoms with van der Waals surface area (Å²) in [6, 6.07) is 13.5. The molecule has 0 unspecified atom stereocenters. The maximum absolute atomic E-state index is 3.72. The van der Waals surface area contributed by atoms with Crippen molar-refractivity contribution in [2.75, 3.05) is 11.5 Å². The minimum atomic E-state index is 1.13. The number of benzene rings is 3. The average molecular weight is 512 g/mol. The summed E-state index contributed by atoms with van der Waals surface area (Å²) in [5.74, 6) is 2.34. The molecule has 4 heteroatoms. The van der Waals surface area contributed by atoms with E-state index < -0.39 is 0 Å². The lowest BCUT2D eigenvalue weighted by molar-refractivity contribution is 0.896. The number of halogens is 2. The van der Waals surface area contributed by atoms with Gasteiger partial charge in [0, 0.05) is 18.7 Å². The fourth-order valence-electron chi connectivity index (χ4n) is 3.04. The first-order chi connectivity index (χ1) is 12.7. The van der Waals surface area contributed by atoms with Gasteiger partial charge < -0.3 is 0 Å². The lowest BCUT2D eigenvalue weighted by Gasteiger charge is -2.17. The Hall–Kier alpha value is -0.160. The summed E-state index contributed by atoms with van der Waals surface area (Å²) in [5, 5.41) is 5.54. The van der Waals surface area contributed by atoms with Gasteiger partial charge in [0.1, 0.15) is 0 Å². The van der Waals surface area contributed by atoms with E-state index in [4.69, 9.17) is 0 Å². The predicted octanol–water partition coefficient (Wildman–Crippen LogP) is 9.30. The van der Waals surface area contributed by atoms with Crippen LogP contribution in [0.15, 0.2) is 55.1 Å². The van der Waals surface area contributed by atoms with Crippen LogP contribution in [0.4, 0.5) is 0 Å². The van der Waals surface area contributed by atoms with Crippen molar-refractivity contribution in [3.05, 3.63) is 45.3 Å². The average Bonchev–Trinajstić information content (AvgIpc) is 2.65. The van der Waals surface area contributed by atoms with E-state index in [0.29, 0.717) is 0 Å². The number of thioether (sulfide) groups is 2. The van der Waals surface area contributed by atoms with Crippen LogP contribution in [-0.4, -0.2) is 11.5 Å². The highest BCUT2D eigenvalue weighted by molar-refractivity contribution is 9.13. The lowest BCUT2D eigenvalue weighted by Crippen LogP contribution is -1.91. The first kappa shape index (κ1) is 20.6. The molecule has 0 aliphatic heterocycles. The maximum atomic E-state index is 3.72. The Kier molecular flexibility index (Phi) is 7.80. The number of fused-ring (bicyclic) bond motifs is 2. The zero-order valence-corrected chi connectivity index (χ0v) is 20.1. The molecule has 3 rings (SSSR count). The molecule has 0 heterocycles. The maximum Gasteiger partial charge on any atom is 0.0324 e. The molecule has 0 amide bonds. The van der Waals surface area contributed by atoms with Crippen LogP contribution >= 0.6 is 55.4 Å². The Labute approximate surface area is 182 Å². The van der Waals surface area contributed by atoms with Gasteiger partial charge in [-0.25, -0.2) is 0 Å². The first-order valence-electron chi connectivity index (χ1n) is 9.26. The molecule has 0 saturated heterocycles. The molecule has 0 fully saturated rings. The summed E-state index contributed by atoms with van der Waals surface area (Å²) in [5.41, 5.74) is 0. The van der Waals surface area contributed by atoms with Crippen molar-refractivity contribution in [1.82, 2.24) is 0 Å². The predicted molar refractivity (Wildman–Crippen MR) is 128 cm³/mol. The Morgan fingerprint density at radius 1 is 0.692 bits per heavy atom. The number of hydrogen-bond donors (Lipinski definition) is 0. The number of rotatable bonds is 8. The highest BCUT2D eigenvalue weighted by atomic mass is 79.9. The molecule has 0 spiro atoms. The second-order valence-electron chi connectivity index (χ2n) is 6.42. The smallest absolute Gasteiger partial charge is 0.0324 e. The summed E-state index contributed by atoms with van der Waals surface area (Å²) in [6.07, 6.45) is 4.99. The summed E-state index contributed by atoms with van der Waals surface area (Å²) < 4.78 is 2.25. The van der Waals surface area contributed by atoms with Crippen molar-refractivity contribution in [2.45, 2.75) is 49.3 Å². The van der Waals surface area contributed by atoms with E-state index in [1.54, 1.807) is 0 Å². The normalized spacial score (nSPS) is 11.5. The fraction of sp³-hybridized carbons (Fsp3) is 0.364. The highest BCUT2D eigenvalue weighted by Crippen LogP contribution is 2.45. The van der Waals surface area contributed by atoms with Crippen LogP contribution < -0.4 is 0 Å². The van der Waals surface area contributed by atoms with Crippen molar-refractivity contribution >= 4 is 76.9 Å². The van der Waals surface area contributed by atoms with Crippen molar-refractivity contribution in [3.63, 3.8) is 0 Å². The molecule has 0 saturated carbocycles. The zero-order valence-electron chi connectivity index (χ0n) is 15.3. The van der Waals surface area contributed by atoms with E-state index in [1.807, 2.05) is 23.5 Å². The van der Waals surface area contributed by atoms with Crippen LogP contribution in [0.2, 0.25) is 0 Å². The van der Waals surface area contributed by atoms with Gasteiger partial charge in [-0.3, -0.25) is 0 Å². The molecule has 3 aromatic rings. The van der Waals surface area contributed by atoms with Gasteiger partial charge in [0.15, 0.2) is 0 Å². The van der Waals surface area contributed by atoms with Crippen LogP contribution in [0, 0.1) is 0 Å². The third kappa shape index (κ3) is 4.45. The molecule has 0 bridgehead atoms. The molecule has 138 valence electrons. The van der Waals surface area contributed by atoms with Crippen LogP contribution in [0.25, 0.3) is 21.5 Å². The molecule has 0 aromatic heterocycles. The minimum Gasteiger partial charge on any atom is -0.125 e. The second kappa shape index (κ2) is 9.86. The van der Waals surface area contributed by atoms with Gasteiger partial charge in [0.25, 0.3) is 0 Å². The molecule has 3 aromatic carbocycles. The van der Waals surface area contributed by atoms with Crippen LogP contribution in [0.3, 0.4) is 0 Å². The lowest BCUT2D eigenvalue weighted by atomic mass is 10.0. The van der Waals surface area contributed by atoms with E-state index >= 15 is 0 Å². The van der Waals surface area contributed by atoms with E-state index in [-0.39, 0.29) is 0 Å². The van der Waals surface area contributed by atoms with E-state index in [0.717, 1.165) is 8.95 Å². The van der Waals surface area contributed by atoms with Gasteiger partial charge in [-0.15, -0.1) is 23.5 Å². The summed E-state index contributed by atoms with van der Waals surface area (Å²) in [7, 11) is 0. The van der Waals surface area contributed by atoms with Crippen molar-refractivity contribution < 1.29 is 0 Å².